The highest BCUT2D eigenvalue weighted by Gasteiger charge is 2.37. The lowest BCUT2D eigenvalue weighted by atomic mass is 10.0. The molecule has 1 aromatic rings. The molecule has 92 valence electrons. The van der Waals surface area contributed by atoms with Crippen LogP contribution in [0.3, 0.4) is 0 Å². The molecule has 6 heteroatoms. The molecule has 3 nitrogen and oxygen atoms in total. The molecular formula is C11H9F3O3. The molecule has 0 atom stereocenters. The number of hydrogen-bond acceptors (Lipinski definition) is 3. The van der Waals surface area contributed by atoms with Gasteiger partial charge < -0.3 is 9.47 Å². The van der Waals surface area contributed by atoms with Gasteiger partial charge in [-0.25, -0.2) is 0 Å². The highest BCUT2D eigenvalue weighted by Crippen LogP contribution is 2.42. The van der Waals surface area contributed by atoms with Crippen LogP contribution in [0.1, 0.15) is 22.8 Å². The maximum Gasteiger partial charge on any atom is 0.417 e. The molecule has 0 bridgehead atoms. The zero-order chi connectivity index (χ0) is 12.6. The van der Waals surface area contributed by atoms with Crippen LogP contribution in [0.25, 0.3) is 0 Å². The summed E-state index contributed by atoms with van der Waals surface area (Å²) in [6, 6.07) is 2.01. The van der Waals surface area contributed by atoms with Crippen molar-refractivity contribution in [2.45, 2.75) is 13.1 Å². The number of halogens is 3. The molecular weight excluding hydrogens is 237 g/mol. The topological polar surface area (TPSA) is 35.5 Å². The zero-order valence-corrected chi connectivity index (χ0v) is 8.93. The van der Waals surface area contributed by atoms with E-state index in [0.29, 0.717) is 0 Å². The van der Waals surface area contributed by atoms with E-state index in [0.717, 1.165) is 13.0 Å². The predicted molar refractivity (Wildman–Crippen MR) is 52.4 cm³/mol. The van der Waals surface area contributed by atoms with Gasteiger partial charge in [0, 0.05) is 0 Å². The summed E-state index contributed by atoms with van der Waals surface area (Å²) in [6.45, 7) is 1.47. The third kappa shape index (κ3) is 2.07. The van der Waals surface area contributed by atoms with Crippen molar-refractivity contribution in [2.75, 3.05) is 13.2 Å². The smallest absolute Gasteiger partial charge is 0.417 e. The van der Waals surface area contributed by atoms with Crippen molar-refractivity contribution in [3.05, 3.63) is 23.3 Å². The molecule has 0 unspecified atom stereocenters. The van der Waals surface area contributed by atoms with Crippen molar-refractivity contribution in [3.8, 4) is 11.5 Å². The minimum Gasteiger partial charge on any atom is -0.486 e. The van der Waals surface area contributed by atoms with Gasteiger partial charge in [-0.3, -0.25) is 4.79 Å². The number of carbonyl (C=O) groups is 1. The molecule has 2 rings (SSSR count). The maximum absolute atomic E-state index is 12.7. The maximum atomic E-state index is 12.7. The van der Waals surface area contributed by atoms with Crippen LogP contribution < -0.4 is 9.47 Å². The van der Waals surface area contributed by atoms with E-state index in [2.05, 4.69) is 0 Å². The second-order valence-corrected chi connectivity index (χ2v) is 3.57. The Morgan fingerprint density at radius 3 is 2.47 bits per heavy atom. The Balaban J connectivity index is 2.66. The van der Waals surface area contributed by atoms with Gasteiger partial charge in [0.2, 0.25) is 0 Å². The van der Waals surface area contributed by atoms with E-state index in [4.69, 9.17) is 9.47 Å². The largest absolute Gasteiger partial charge is 0.486 e. The number of rotatable bonds is 1. The molecule has 1 aromatic carbocycles. The highest BCUT2D eigenvalue weighted by molar-refractivity contribution is 5.99. The Morgan fingerprint density at radius 1 is 1.24 bits per heavy atom. The average Bonchev–Trinajstić information content (AvgIpc) is 2.26. The fourth-order valence-corrected chi connectivity index (χ4v) is 1.70. The van der Waals surface area contributed by atoms with E-state index in [9.17, 15) is 18.0 Å². The van der Waals surface area contributed by atoms with E-state index >= 15 is 0 Å². The van der Waals surface area contributed by atoms with Gasteiger partial charge in [0.25, 0.3) is 0 Å². The first-order chi connectivity index (χ1) is 7.91. The van der Waals surface area contributed by atoms with Gasteiger partial charge in [0.05, 0.1) is 11.1 Å². The Morgan fingerprint density at radius 2 is 1.88 bits per heavy atom. The van der Waals surface area contributed by atoms with Gasteiger partial charge in [-0.05, 0) is 19.1 Å². The van der Waals surface area contributed by atoms with Crippen molar-refractivity contribution < 1.29 is 27.4 Å². The number of fused-ring (bicyclic) bond motifs is 1. The number of ketones is 1. The molecule has 0 saturated heterocycles. The third-order valence-electron chi connectivity index (χ3n) is 2.37. The normalized spacial score (nSPS) is 14.6. The number of ether oxygens (including phenoxy) is 2. The van der Waals surface area contributed by atoms with Crippen LogP contribution in [0.5, 0.6) is 11.5 Å². The van der Waals surface area contributed by atoms with E-state index in [-0.39, 0.29) is 24.7 Å². The van der Waals surface area contributed by atoms with Gasteiger partial charge in [-0.15, -0.1) is 0 Å². The summed E-state index contributed by atoms with van der Waals surface area (Å²) in [6.07, 6.45) is -4.59. The summed E-state index contributed by atoms with van der Waals surface area (Å²) >= 11 is 0. The van der Waals surface area contributed by atoms with Gasteiger partial charge >= 0.3 is 6.18 Å². The van der Waals surface area contributed by atoms with E-state index in [1.54, 1.807) is 0 Å². The van der Waals surface area contributed by atoms with E-state index in [1.165, 1.54) is 6.07 Å². The second kappa shape index (κ2) is 3.94. The van der Waals surface area contributed by atoms with E-state index in [1.807, 2.05) is 0 Å². The fourth-order valence-electron chi connectivity index (χ4n) is 1.70. The van der Waals surface area contributed by atoms with Gasteiger partial charge in [0.1, 0.15) is 13.2 Å². The molecule has 0 N–H and O–H groups in total. The Hall–Kier alpha value is -1.72. The van der Waals surface area contributed by atoms with Crippen molar-refractivity contribution >= 4 is 5.78 Å². The summed E-state index contributed by atoms with van der Waals surface area (Å²) in [4.78, 5) is 11.3. The van der Waals surface area contributed by atoms with Crippen LogP contribution in [-0.2, 0) is 6.18 Å². The lowest BCUT2D eigenvalue weighted by Crippen LogP contribution is -2.20. The van der Waals surface area contributed by atoms with Crippen molar-refractivity contribution in [3.63, 3.8) is 0 Å². The minimum absolute atomic E-state index is 0.112. The Kier molecular flexibility index (Phi) is 2.73. The Labute approximate surface area is 95.1 Å². The molecule has 0 spiro atoms. The standard InChI is InChI=1S/C11H9F3O3/c1-6(15)9-7(11(12,13)14)2-3-8-10(9)17-5-4-16-8/h2-3H,4-5H2,1H3. The Bertz CT molecular complexity index is 466. The molecule has 0 amide bonds. The average molecular weight is 246 g/mol. The summed E-state index contributed by atoms with van der Waals surface area (Å²) in [5, 5.41) is 0. The summed E-state index contributed by atoms with van der Waals surface area (Å²) in [5.41, 5.74) is -1.45. The molecule has 1 aliphatic heterocycles. The van der Waals surface area contributed by atoms with Crippen LogP contribution >= 0.6 is 0 Å². The van der Waals surface area contributed by atoms with Crippen LogP contribution in [0.15, 0.2) is 12.1 Å². The number of Topliss-reactive ketones (excluding diaryl/α,β-unsaturated/α-hetero) is 1. The van der Waals surface area contributed by atoms with E-state index < -0.39 is 23.1 Å². The van der Waals surface area contributed by atoms with Gasteiger partial charge in [-0.1, -0.05) is 0 Å². The second-order valence-electron chi connectivity index (χ2n) is 3.57. The lowest BCUT2D eigenvalue weighted by molar-refractivity contribution is -0.138. The fraction of sp³-hybridized carbons (Fsp3) is 0.364. The molecule has 0 saturated carbocycles. The minimum atomic E-state index is -4.59. The highest BCUT2D eigenvalue weighted by atomic mass is 19.4. The lowest BCUT2D eigenvalue weighted by Gasteiger charge is -2.22. The predicted octanol–water partition coefficient (Wildman–Crippen LogP) is 2.68. The van der Waals surface area contributed by atoms with Crippen LogP contribution in [0.4, 0.5) is 13.2 Å². The molecule has 1 heterocycles. The number of carbonyl (C=O) groups excluding carboxylic acids is 1. The third-order valence-corrected chi connectivity index (χ3v) is 2.37. The summed E-state index contributed by atoms with van der Waals surface area (Å²) in [7, 11) is 0. The molecule has 0 radical (unpaired) electrons. The number of benzene rings is 1. The van der Waals surface area contributed by atoms with Crippen LogP contribution in [0, 0.1) is 0 Å². The molecule has 1 aliphatic rings. The van der Waals surface area contributed by atoms with Crippen molar-refractivity contribution in [1.82, 2.24) is 0 Å². The van der Waals surface area contributed by atoms with Gasteiger partial charge in [-0.2, -0.15) is 13.2 Å². The first kappa shape index (κ1) is 11.8. The molecule has 0 aromatic heterocycles. The molecule has 0 fully saturated rings. The van der Waals surface area contributed by atoms with Crippen molar-refractivity contribution in [1.29, 1.82) is 0 Å². The van der Waals surface area contributed by atoms with Gasteiger partial charge in [0.15, 0.2) is 17.3 Å². The monoisotopic (exact) mass is 246 g/mol. The number of hydrogen-bond donors (Lipinski definition) is 0. The quantitative estimate of drug-likeness (QED) is 0.714. The molecule has 17 heavy (non-hydrogen) atoms. The number of alkyl halides is 3. The van der Waals surface area contributed by atoms with Crippen molar-refractivity contribution in [2.24, 2.45) is 0 Å². The SMILES string of the molecule is CC(=O)c1c(C(F)(F)F)ccc2c1OCCO2. The summed E-state index contributed by atoms with van der Waals surface area (Å²) < 4.78 is 48.4. The first-order valence-corrected chi connectivity index (χ1v) is 4.92. The zero-order valence-electron chi connectivity index (χ0n) is 8.93. The molecule has 0 aliphatic carbocycles. The van der Waals surface area contributed by atoms with Crippen LogP contribution in [-0.4, -0.2) is 19.0 Å². The summed E-state index contributed by atoms with van der Waals surface area (Å²) in [5.74, 6) is -0.632. The van der Waals surface area contributed by atoms with Crippen LogP contribution in [0.2, 0.25) is 0 Å². The first-order valence-electron chi connectivity index (χ1n) is 4.92.